The van der Waals surface area contributed by atoms with Crippen molar-refractivity contribution >= 4 is 28.6 Å². The lowest BCUT2D eigenvalue weighted by Gasteiger charge is -2.18. The summed E-state index contributed by atoms with van der Waals surface area (Å²) in [6.07, 6.45) is 1.72. The second-order valence-corrected chi connectivity index (χ2v) is 6.95. The van der Waals surface area contributed by atoms with Gasteiger partial charge in [-0.25, -0.2) is 4.98 Å². The van der Waals surface area contributed by atoms with E-state index in [-0.39, 0.29) is 29.3 Å². The Bertz CT molecular complexity index is 772. The lowest BCUT2D eigenvalue weighted by atomic mass is 10.2. The first-order valence-electron chi connectivity index (χ1n) is 8.41. The molecule has 130 valence electrons. The number of benzene rings is 1. The topological polar surface area (TPSA) is 64.0 Å². The Kier molecular flexibility index (Phi) is 6.43. The number of hydrogen-bond acceptors (Lipinski definition) is 4. The summed E-state index contributed by atoms with van der Waals surface area (Å²) in [4.78, 5) is 29.5. The fourth-order valence-corrected chi connectivity index (χ4v) is 3.26. The number of fused-ring (bicyclic) bond motifs is 1. The molecule has 1 N–H and O–H groups in total. The van der Waals surface area contributed by atoms with Gasteiger partial charge in [0.2, 0.25) is 5.91 Å². The van der Waals surface area contributed by atoms with Crippen LogP contribution in [0.4, 0.5) is 0 Å². The summed E-state index contributed by atoms with van der Waals surface area (Å²) in [5, 5.41) is 4.16. The summed E-state index contributed by atoms with van der Waals surface area (Å²) in [6.45, 7) is 8.05. The number of carbonyl (C=O) groups is 1. The smallest absolute Gasteiger partial charge is 0.262 e. The van der Waals surface area contributed by atoms with E-state index < -0.39 is 0 Å². The summed E-state index contributed by atoms with van der Waals surface area (Å²) >= 11 is 1.32. The summed E-state index contributed by atoms with van der Waals surface area (Å²) in [5.41, 5.74) is 0.631. The van der Waals surface area contributed by atoms with E-state index in [1.807, 2.05) is 45.9 Å². The van der Waals surface area contributed by atoms with Crippen molar-refractivity contribution in [3.63, 3.8) is 0 Å². The molecule has 24 heavy (non-hydrogen) atoms. The first kappa shape index (κ1) is 18.5. The van der Waals surface area contributed by atoms with Gasteiger partial charge in [-0.1, -0.05) is 37.7 Å². The van der Waals surface area contributed by atoms with Gasteiger partial charge in [0.25, 0.3) is 5.56 Å². The molecule has 1 aromatic heterocycles. The van der Waals surface area contributed by atoms with Crippen molar-refractivity contribution in [2.45, 2.75) is 57.8 Å². The third-order valence-electron chi connectivity index (χ3n) is 4.16. The zero-order chi connectivity index (χ0) is 17.7. The van der Waals surface area contributed by atoms with Crippen LogP contribution in [-0.4, -0.2) is 27.3 Å². The van der Waals surface area contributed by atoms with Gasteiger partial charge in [-0.3, -0.25) is 14.2 Å². The van der Waals surface area contributed by atoms with Gasteiger partial charge in [0.1, 0.15) is 0 Å². The molecule has 0 aliphatic heterocycles. The molecule has 0 fully saturated rings. The number of nitrogens with one attached hydrogen (secondary N) is 1. The summed E-state index contributed by atoms with van der Waals surface area (Å²) in [7, 11) is 0. The molecule has 0 aliphatic carbocycles. The van der Waals surface area contributed by atoms with E-state index in [2.05, 4.69) is 10.3 Å². The average Bonchev–Trinajstić information content (AvgIpc) is 2.59. The van der Waals surface area contributed by atoms with E-state index in [9.17, 15) is 9.59 Å². The fraction of sp³-hybridized carbons (Fsp3) is 0.500. The van der Waals surface area contributed by atoms with E-state index in [1.54, 1.807) is 10.6 Å². The Labute approximate surface area is 146 Å². The first-order chi connectivity index (χ1) is 11.5. The van der Waals surface area contributed by atoms with Crippen LogP contribution in [0.15, 0.2) is 34.2 Å². The number of nitrogens with zero attached hydrogens (tertiary/aromatic N) is 2. The van der Waals surface area contributed by atoms with Crippen LogP contribution < -0.4 is 10.9 Å². The standard InChI is InChI=1S/C18H25N3O2S/c1-5-12(3)19-16(22)11-24-18-20-15-10-8-7-9-14(15)17(23)21(18)13(4)6-2/h7-10,12-13H,5-6,11H2,1-4H3,(H,19,22)/t12-,13+/m0/s1. The van der Waals surface area contributed by atoms with Gasteiger partial charge in [0, 0.05) is 12.1 Å². The normalized spacial score (nSPS) is 13.7. The first-order valence-corrected chi connectivity index (χ1v) is 9.39. The van der Waals surface area contributed by atoms with Crippen molar-refractivity contribution in [2.24, 2.45) is 0 Å². The Morgan fingerprint density at radius 1 is 1.25 bits per heavy atom. The van der Waals surface area contributed by atoms with Crippen molar-refractivity contribution in [1.82, 2.24) is 14.9 Å². The highest BCUT2D eigenvalue weighted by molar-refractivity contribution is 7.99. The molecule has 0 unspecified atom stereocenters. The maximum atomic E-state index is 12.8. The molecule has 5 nitrogen and oxygen atoms in total. The highest BCUT2D eigenvalue weighted by Gasteiger charge is 2.16. The molecule has 1 amide bonds. The van der Waals surface area contributed by atoms with Crippen molar-refractivity contribution in [3.8, 4) is 0 Å². The number of para-hydroxylation sites is 1. The van der Waals surface area contributed by atoms with Crippen molar-refractivity contribution < 1.29 is 4.79 Å². The van der Waals surface area contributed by atoms with Crippen LogP contribution in [-0.2, 0) is 4.79 Å². The molecular formula is C18H25N3O2S. The Morgan fingerprint density at radius 3 is 2.62 bits per heavy atom. The van der Waals surface area contributed by atoms with Gasteiger partial charge in [-0.05, 0) is 38.8 Å². The number of rotatable bonds is 7. The maximum Gasteiger partial charge on any atom is 0.262 e. The van der Waals surface area contributed by atoms with Crippen LogP contribution in [0.25, 0.3) is 10.9 Å². The molecule has 1 aromatic carbocycles. The third kappa shape index (κ3) is 4.17. The second kappa shape index (κ2) is 8.33. The summed E-state index contributed by atoms with van der Waals surface area (Å²) < 4.78 is 1.71. The SMILES string of the molecule is CC[C@@H](C)n1c(SCC(=O)N[C@@H](C)CC)nc2ccccc2c1=O. The van der Waals surface area contributed by atoms with Crippen LogP contribution in [0.3, 0.4) is 0 Å². The van der Waals surface area contributed by atoms with E-state index in [0.717, 1.165) is 12.8 Å². The third-order valence-corrected chi connectivity index (χ3v) is 5.11. The molecule has 0 spiro atoms. The molecular weight excluding hydrogens is 322 g/mol. The minimum atomic E-state index is -0.0419. The molecule has 1 heterocycles. The van der Waals surface area contributed by atoms with E-state index in [0.29, 0.717) is 16.1 Å². The highest BCUT2D eigenvalue weighted by atomic mass is 32.2. The summed E-state index contributed by atoms with van der Waals surface area (Å²) in [5.74, 6) is 0.221. The van der Waals surface area contributed by atoms with Crippen molar-refractivity contribution in [2.75, 3.05) is 5.75 Å². The van der Waals surface area contributed by atoms with Crippen LogP contribution in [0, 0.1) is 0 Å². The predicted octanol–water partition coefficient (Wildman–Crippen LogP) is 3.37. The Morgan fingerprint density at radius 2 is 1.96 bits per heavy atom. The van der Waals surface area contributed by atoms with Gasteiger partial charge in [-0.2, -0.15) is 0 Å². The minimum absolute atomic E-state index is 0.0348. The van der Waals surface area contributed by atoms with Crippen molar-refractivity contribution in [1.29, 1.82) is 0 Å². The van der Waals surface area contributed by atoms with Gasteiger partial charge in [0.05, 0.1) is 16.7 Å². The van der Waals surface area contributed by atoms with Gasteiger partial charge >= 0.3 is 0 Å². The van der Waals surface area contributed by atoms with Crippen LogP contribution in [0.2, 0.25) is 0 Å². The number of amides is 1. The molecule has 0 saturated carbocycles. The number of thioether (sulfide) groups is 1. The molecule has 0 radical (unpaired) electrons. The van der Waals surface area contributed by atoms with E-state index in [4.69, 9.17) is 0 Å². The summed E-state index contributed by atoms with van der Waals surface area (Å²) in [6, 6.07) is 7.54. The fourth-order valence-electron chi connectivity index (χ4n) is 2.35. The molecule has 0 saturated heterocycles. The van der Waals surface area contributed by atoms with E-state index in [1.165, 1.54) is 11.8 Å². The predicted molar refractivity (Wildman–Crippen MR) is 99.6 cm³/mol. The maximum absolute atomic E-state index is 12.8. The zero-order valence-corrected chi connectivity index (χ0v) is 15.5. The molecule has 2 atom stereocenters. The average molecular weight is 347 g/mol. The highest BCUT2D eigenvalue weighted by Crippen LogP contribution is 2.22. The monoisotopic (exact) mass is 347 g/mol. The molecule has 0 aliphatic rings. The van der Waals surface area contributed by atoms with Gasteiger partial charge < -0.3 is 5.32 Å². The van der Waals surface area contributed by atoms with Crippen LogP contribution in [0.5, 0.6) is 0 Å². The Balaban J connectivity index is 2.34. The number of carbonyl (C=O) groups excluding carboxylic acids is 1. The lowest BCUT2D eigenvalue weighted by Crippen LogP contribution is -2.33. The van der Waals surface area contributed by atoms with Crippen molar-refractivity contribution in [3.05, 3.63) is 34.6 Å². The Hall–Kier alpha value is -1.82. The van der Waals surface area contributed by atoms with Crippen LogP contribution in [0.1, 0.15) is 46.6 Å². The largest absolute Gasteiger partial charge is 0.353 e. The zero-order valence-electron chi connectivity index (χ0n) is 14.7. The molecule has 6 heteroatoms. The quantitative estimate of drug-likeness (QED) is 0.616. The second-order valence-electron chi connectivity index (χ2n) is 6.01. The van der Waals surface area contributed by atoms with Crippen LogP contribution >= 0.6 is 11.8 Å². The van der Waals surface area contributed by atoms with Gasteiger partial charge in [0.15, 0.2) is 5.16 Å². The lowest BCUT2D eigenvalue weighted by molar-refractivity contribution is -0.119. The number of hydrogen-bond donors (Lipinski definition) is 1. The molecule has 2 rings (SSSR count). The van der Waals surface area contributed by atoms with Gasteiger partial charge in [-0.15, -0.1) is 0 Å². The van der Waals surface area contributed by atoms with E-state index >= 15 is 0 Å². The molecule has 0 bridgehead atoms. The molecule has 2 aromatic rings. The number of aromatic nitrogens is 2. The minimum Gasteiger partial charge on any atom is -0.353 e.